The van der Waals surface area contributed by atoms with Gasteiger partial charge in [0.25, 0.3) is 5.69 Å². The van der Waals surface area contributed by atoms with Crippen molar-refractivity contribution in [2.45, 2.75) is 76.4 Å². The summed E-state index contributed by atoms with van der Waals surface area (Å²) in [7, 11) is 5.54. The molecular weight excluding hydrogens is 884 g/mol. The summed E-state index contributed by atoms with van der Waals surface area (Å²) in [6.07, 6.45) is 11.3. The SMILES string of the molecule is O=C(Cl)OC1CCCC1.[2H]C([2H])([2H])n1cc(Cc2ccc(C(=O)OC)cc2OC)c2cc(NC(=O)OC3CCCC3)ccc21.[2H]C([2H])([2H])n1cc(Cc2ccc(C(=O)OC)cc2OC)c2cc([N+](=O)[O-])ccc21. The molecule has 8 rings (SSSR count). The smallest absolute Gasteiger partial charge is 0.411 e. The number of nitro groups is 1. The van der Waals surface area contributed by atoms with Crippen LogP contribution in [-0.4, -0.2) is 78.2 Å². The molecule has 1 N–H and O–H groups in total. The standard InChI is InChI=1S/C25H28N2O5.C19H18N2O5.C6H9ClO2/c1-27-15-18(12-16-8-9-17(24(28)31-3)13-23(16)30-2)21-14-19(10-11-22(21)27)26-25(29)32-20-6-4-5-7-20;1-20-11-14(16-10-15(21(23)24)6-7-17(16)20)8-12-4-5-13(19(22)26-3)9-18(12)25-2;7-6(8)9-5-3-1-2-4-5/h8-11,13-15,20H,4-7,12H2,1-3H3,(H,26,29);4-7,9-11H,8H2,1-3H3;5H,1-4H2/i2*1D3;. The van der Waals surface area contributed by atoms with E-state index in [4.69, 9.17) is 48.2 Å². The number of methoxy groups -OCH3 is 4. The van der Waals surface area contributed by atoms with Gasteiger partial charge in [0.2, 0.25) is 0 Å². The van der Waals surface area contributed by atoms with Crippen molar-refractivity contribution in [3.05, 3.63) is 129 Å². The summed E-state index contributed by atoms with van der Waals surface area (Å²) in [5.74, 6) is -0.0799. The van der Waals surface area contributed by atoms with Gasteiger partial charge in [-0.2, -0.15) is 0 Å². The van der Waals surface area contributed by atoms with Crippen LogP contribution in [0.3, 0.4) is 0 Å². The maximum atomic E-state index is 12.4. The van der Waals surface area contributed by atoms with Gasteiger partial charge in [0.05, 0.1) is 44.5 Å². The Morgan fingerprint density at radius 3 is 1.60 bits per heavy atom. The Kier molecular flexibility index (Phi) is 14.1. The van der Waals surface area contributed by atoms with Gasteiger partial charge in [-0.3, -0.25) is 15.4 Å². The molecule has 2 fully saturated rings. The molecule has 4 aromatic carbocycles. The van der Waals surface area contributed by atoms with Gasteiger partial charge in [-0.05, 0) is 122 Å². The number of amides is 1. The Balaban J connectivity index is 0.000000206. The average Bonchev–Trinajstić information content (AvgIpc) is 4.19. The number of nitrogens with zero attached hydrogens (tertiary/aromatic N) is 3. The molecule has 67 heavy (non-hydrogen) atoms. The van der Waals surface area contributed by atoms with Crippen LogP contribution in [-0.2, 0) is 45.7 Å². The number of anilines is 1. The first-order valence-corrected chi connectivity index (χ1v) is 21.8. The number of fused-ring (bicyclic) bond motifs is 2. The van der Waals surface area contributed by atoms with E-state index in [-0.39, 0.29) is 24.3 Å². The zero-order valence-corrected chi connectivity index (χ0v) is 38.2. The highest BCUT2D eigenvalue weighted by molar-refractivity contribution is 6.61. The molecule has 1 amide bonds. The summed E-state index contributed by atoms with van der Waals surface area (Å²) in [6, 6.07) is 18.9. The van der Waals surface area contributed by atoms with Gasteiger partial charge in [-0.1, -0.05) is 12.1 Å². The van der Waals surface area contributed by atoms with E-state index in [1.54, 1.807) is 54.7 Å². The number of nitro benzene ring substituents is 1. The van der Waals surface area contributed by atoms with Crippen LogP contribution < -0.4 is 14.8 Å². The van der Waals surface area contributed by atoms with Crippen molar-refractivity contribution >= 4 is 68.2 Å². The molecule has 6 aromatic rings. The van der Waals surface area contributed by atoms with Crippen LogP contribution in [0.4, 0.5) is 21.0 Å². The average molecular weight is 945 g/mol. The van der Waals surface area contributed by atoms with Gasteiger partial charge in [0.1, 0.15) is 23.7 Å². The van der Waals surface area contributed by atoms with Gasteiger partial charge in [-0.15, -0.1) is 0 Å². The van der Waals surface area contributed by atoms with Crippen molar-refractivity contribution in [2.24, 2.45) is 14.0 Å². The van der Waals surface area contributed by atoms with Crippen LogP contribution in [0.5, 0.6) is 11.5 Å². The summed E-state index contributed by atoms with van der Waals surface area (Å²) in [6.45, 7) is -4.82. The van der Waals surface area contributed by atoms with Crippen molar-refractivity contribution in [2.75, 3.05) is 33.8 Å². The number of aryl methyl sites for hydroxylation is 2. The van der Waals surface area contributed by atoms with E-state index in [2.05, 4.69) is 5.32 Å². The molecule has 0 spiro atoms. The Labute approximate surface area is 401 Å². The number of non-ortho nitro benzene ring substituents is 1. The maximum absolute atomic E-state index is 12.4. The lowest BCUT2D eigenvalue weighted by Crippen LogP contribution is -2.20. The van der Waals surface area contributed by atoms with Gasteiger partial charge in [0.15, 0.2) is 0 Å². The number of esters is 2. The lowest BCUT2D eigenvalue weighted by atomic mass is 10.0. The summed E-state index contributed by atoms with van der Waals surface area (Å²) >= 11 is 5.00. The predicted molar refractivity (Wildman–Crippen MR) is 254 cm³/mol. The molecule has 354 valence electrons. The highest BCUT2D eigenvalue weighted by atomic mass is 35.5. The minimum atomic E-state index is -2.44. The largest absolute Gasteiger partial charge is 0.496 e. The highest BCUT2D eigenvalue weighted by Crippen LogP contribution is 2.32. The van der Waals surface area contributed by atoms with Gasteiger partial charge in [-0.25, -0.2) is 19.2 Å². The first-order valence-electron chi connectivity index (χ1n) is 24.4. The second-order valence-corrected chi connectivity index (χ2v) is 16.1. The van der Waals surface area contributed by atoms with E-state index < -0.39 is 42.3 Å². The Morgan fingerprint density at radius 2 is 1.15 bits per heavy atom. The third kappa shape index (κ3) is 12.6. The number of halogens is 1. The van der Waals surface area contributed by atoms with Crippen molar-refractivity contribution in [3.63, 3.8) is 0 Å². The number of nitrogens with one attached hydrogen (secondary N) is 1. The molecule has 2 aromatic heterocycles. The number of ether oxygens (including phenoxy) is 6. The van der Waals surface area contributed by atoms with Crippen LogP contribution in [0.15, 0.2) is 85.2 Å². The molecule has 2 aliphatic carbocycles. The minimum absolute atomic E-state index is 0.0636. The molecule has 0 bridgehead atoms. The van der Waals surface area contributed by atoms with E-state index in [9.17, 15) is 29.3 Å². The zero-order valence-electron chi connectivity index (χ0n) is 43.4. The lowest BCUT2D eigenvalue weighted by molar-refractivity contribution is -0.384. The molecule has 2 saturated carbocycles. The second kappa shape index (κ2) is 22.9. The van der Waals surface area contributed by atoms with Crippen LogP contribution in [0, 0.1) is 10.1 Å². The Hall–Kier alpha value is -7.07. The predicted octanol–water partition coefficient (Wildman–Crippen LogP) is 10.8. The first-order chi connectivity index (χ1) is 34.6. The number of benzene rings is 4. The van der Waals surface area contributed by atoms with E-state index in [0.717, 1.165) is 67.1 Å². The molecule has 2 aliphatic rings. The van der Waals surface area contributed by atoms with Gasteiger partial charge < -0.3 is 37.6 Å². The minimum Gasteiger partial charge on any atom is -0.496 e. The van der Waals surface area contributed by atoms with E-state index >= 15 is 0 Å². The fraction of sp³-hybridized carbons (Fsp3) is 0.360. The highest BCUT2D eigenvalue weighted by Gasteiger charge is 2.21. The number of hydrogen-bond acceptors (Lipinski definition) is 12. The molecule has 2 heterocycles. The number of hydrogen-bond donors (Lipinski definition) is 1. The molecule has 17 heteroatoms. The van der Waals surface area contributed by atoms with Crippen LogP contribution >= 0.6 is 11.6 Å². The molecule has 16 nitrogen and oxygen atoms in total. The van der Waals surface area contributed by atoms with E-state index in [1.807, 2.05) is 0 Å². The second-order valence-electron chi connectivity index (χ2n) is 15.8. The summed E-state index contributed by atoms with van der Waals surface area (Å²) in [5.41, 5.74) is 4.04. The van der Waals surface area contributed by atoms with E-state index in [0.29, 0.717) is 67.7 Å². The Bertz CT molecular complexity index is 2980. The van der Waals surface area contributed by atoms with Crippen molar-refractivity contribution in [3.8, 4) is 11.5 Å². The fourth-order valence-electron chi connectivity index (χ4n) is 8.18. The fourth-order valence-corrected chi connectivity index (χ4v) is 8.31. The van der Waals surface area contributed by atoms with Crippen LogP contribution in [0.2, 0.25) is 0 Å². The summed E-state index contributed by atoms with van der Waals surface area (Å²) in [5, 5.41) is 15.1. The maximum Gasteiger partial charge on any atom is 0.411 e. The molecule has 0 aliphatic heterocycles. The third-order valence-electron chi connectivity index (χ3n) is 11.5. The summed E-state index contributed by atoms with van der Waals surface area (Å²) < 4.78 is 80.0. The van der Waals surface area contributed by atoms with Gasteiger partial charge in [0, 0.05) is 98.6 Å². The molecule has 0 atom stereocenters. The molecule has 0 saturated heterocycles. The molecular formula is C50H55ClN4O12. The van der Waals surface area contributed by atoms with Crippen LogP contribution in [0.25, 0.3) is 21.8 Å². The molecule has 0 unspecified atom stereocenters. The number of carbonyl (C=O) groups excluding carboxylic acids is 4. The lowest BCUT2D eigenvalue weighted by Gasteiger charge is -2.12. The topological polar surface area (TPSA) is 189 Å². The number of carbonyl (C=O) groups is 4. The van der Waals surface area contributed by atoms with Gasteiger partial charge >= 0.3 is 23.5 Å². The quantitative estimate of drug-likeness (QED) is 0.0402. The normalized spacial score (nSPS) is 15.2. The number of aromatic nitrogens is 2. The zero-order chi connectivity index (χ0) is 53.2. The van der Waals surface area contributed by atoms with Crippen molar-refractivity contribution < 1.29 is 60.7 Å². The van der Waals surface area contributed by atoms with Crippen molar-refractivity contribution in [1.82, 2.24) is 9.13 Å². The summed E-state index contributed by atoms with van der Waals surface area (Å²) in [4.78, 5) is 56.8. The monoisotopic (exact) mass is 944 g/mol. The van der Waals surface area contributed by atoms with Crippen molar-refractivity contribution in [1.29, 1.82) is 0 Å². The number of rotatable bonds is 12. The Morgan fingerprint density at radius 1 is 0.672 bits per heavy atom. The molecule has 0 radical (unpaired) electrons. The van der Waals surface area contributed by atoms with Crippen LogP contribution in [0.1, 0.15) is 103 Å². The third-order valence-corrected chi connectivity index (χ3v) is 11.6. The first kappa shape index (κ1) is 41.4. The van der Waals surface area contributed by atoms with E-state index in [1.165, 1.54) is 63.5 Å².